The molecule has 0 radical (unpaired) electrons. The molecule has 2 aromatic rings. The van der Waals surface area contributed by atoms with E-state index >= 15 is 0 Å². The number of anilines is 1. The second-order valence-corrected chi connectivity index (χ2v) is 6.28. The number of aryl methyl sites for hydroxylation is 1. The van der Waals surface area contributed by atoms with E-state index in [9.17, 15) is 4.79 Å². The van der Waals surface area contributed by atoms with Crippen LogP contribution in [0.25, 0.3) is 0 Å². The van der Waals surface area contributed by atoms with Crippen molar-refractivity contribution in [2.24, 2.45) is 0 Å². The molecule has 0 atom stereocenters. The lowest BCUT2D eigenvalue weighted by atomic mass is 10.2. The van der Waals surface area contributed by atoms with Crippen LogP contribution in [0, 0.1) is 6.92 Å². The van der Waals surface area contributed by atoms with Crippen molar-refractivity contribution in [2.45, 2.75) is 13.3 Å². The van der Waals surface area contributed by atoms with Gasteiger partial charge in [-0.15, -0.1) is 0 Å². The second-order valence-electron chi connectivity index (χ2n) is 6.28. The Morgan fingerprint density at radius 1 is 1.12 bits per heavy atom. The summed E-state index contributed by atoms with van der Waals surface area (Å²) in [6.45, 7) is 4.00. The van der Waals surface area contributed by atoms with Crippen molar-refractivity contribution < 1.29 is 4.79 Å². The zero-order valence-corrected chi connectivity index (χ0v) is 15.4. The summed E-state index contributed by atoms with van der Waals surface area (Å²) in [5, 5.41) is 2.89. The number of hydrogen-bond donors (Lipinski definition) is 1. The Hall–Kier alpha value is -2.54. The summed E-state index contributed by atoms with van der Waals surface area (Å²) in [5.41, 5.74) is 2.38. The lowest BCUT2D eigenvalue weighted by molar-refractivity contribution is 0.0946. The Labute approximate surface area is 149 Å². The average Bonchev–Trinajstić information content (AvgIpc) is 2.59. The van der Waals surface area contributed by atoms with Crippen molar-refractivity contribution in [3.05, 3.63) is 47.5 Å². The van der Waals surface area contributed by atoms with Gasteiger partial charge in [-0.1, -0.05) is 0 Å². The van der Waals surface area contributed by atoms with Gasteiger partial charge >= 0.3 is 0 Å². The fourth-order valence-corrected chi connectivity index (χ4v) is 2.27. The standard InChI is InChI=1S/C18H26N6O/c1-14-13-16(17(25)20-10-12-23(2)3)22-18(21-14)24(4)11-7-15-5-8-19-9-6-15/h5-6,8-9,13H,7,10-12H2,1-4H3,(H,20,25). The minimum Gasteiger partial charge on any atom is -0.349 e. The number of amides is 1. The molecule has 0 saturated carbocycles. The van der Waals surface area contributed by atoms with Gasteiger partial charge < -0.3 is 15.1 Å². The van der Waals surface area contributed by atoms with Crippen molar-refractivity contribution in [3.63, 3.8) is 0 Å². The highest BCUT2D eigenvalue weighted by Crippen LogP contribution is 2.10. The lowest BCUT2D eigenvalue weighted by Gasteiger charge is -2.18. The Morgan fingerprint density at radius 3 is 2.52 bits per heavy atom. The van der Waals surface area contributed by atoms with E-state index in [1.54, 1.807) is 18.5 Å². The van der Waals surface area contributed by atoms with E-state index in [-0.39, 0.29) is 5.91 Å². The molecule has 7 nitrogen and oxygen atoms in total. The third-order valence-electron chi connectivity index (χ3n) is 3.75. The zero-order valence-electron chi connectivity index (χ0n) is 15.4. The first-order valence-corrected chi connectivity index (χ1v) is 8.34. The fraction of sp³-hybridized carbons (Fsp3) is 0.444. The smallest absolute Gasteiger partial charge is 0.270 e. The molecule has 7 heteroatoms. The van der Waals surface area contributed by atoms with E-state index in [0.29, 0.717) is 18.2 Å². The number of carbonyl (C=O) groups is 1. The predicted octanol–water partition coefficient (Wildman–Crippen LogP) is 1.15. The van der Waals surface area contributed by atoms with Crippen LogP contribution in [0.5, 0.6) is 0 Å². The van der Waals surface area contributed by atoms with Crippen LogP contribution < -0.4 is 10.2 Å². The van der Waals surface area contributed by atoms with Gasteiger partial charge in [0, 0.05) is 44.8 Å². The number of aromatic nitrogens is 3. The van der Waals surface area contributed by atoms with Crippen LogP contribution in [0.15, 0.2) is 30.6 Å². The summed E-state index contributed by atoms with van der Waals surface area (Å²) in [7, 11) is 5.87. The van der Waals surface area contributed by atoms with Gasteiger partial charge in [-0.2, -0.15) is 0 Å². The molecule has 0 fully saturated rings. The molecule has 0 aromatic carbocycles. The van der Waals surface area contributed by atoms with Crippen LogP contribution in [-0.4, -0.2) is 66.5 Å². The van der Waals surface area contributed by atoms with Gasteiger partial charge in [-0.25, -0.2) is 9.97 Å². The van der Waals surface area contributed by atoms with Crippen molar-refractivity contribution in [2.75, 3.05) is 45.7 Å². The van der Waals surface area contributed by atoms with Gasteiger partial charge in [0.2, 0.25) is 5.95 Å². The molecule has 0 aliphatic rings. The van der Waals surface area contributed by atoms with E-state index in [1.807, 2.05) is 50.0 Å². The fourth-order valence-electron chi connectivity index (χ4n) is 2.27. The maximum atomic E-state index is 12.3. The third kappa shape index (κ3) is 6.11. The Bertz CT molecular complexity index is 689. The number of carbonyl (C=O) groups excluding carboxylic acids is 1. The third-order valence-corrected chi connectivity index (χ3v) is 3.75. The number of pyridine rings is 1. The van der Waals surface area contributed by atoms with E-state index < -0.39 is 0 Å². The quantitative estimate of drug-likeness (QED) is 0.776. The maximum absolute atomic E-state index is 12.3. The van der Waals surface area contributed by atoms with Crippen LogP contribution in [0.1, 0.15) is 21.7 Å². The van der Waals surface area contributed by atoms with Crippen molar-refractivity contribution in [3.8, 4) is 0 Å². The topological polar surface area (TPSA) is 74.2 Å². The lowest BCUT2D eigenvalue weighted by Crippen LogP contribution is -2.32. The zero-order chi connectivity index (χ0) is 18.2. The number of nitrogens with one attached hydrogen (secondary N) is 1. The monoisotopic (exact) mass is 342 g/mol. The molecular formula is C18H26N6O. The molecule has 134 valence electrons. The van der Waals surface area contributed by atoms with E-state index in [0.717, 1.165) is 25.2 Å². The van der Waals surface area contributed by atoms with E-state index in [2.05, 4.69) is 20.3 Å². The van der Waals surface area contributed by atoms with Crippen molar-refractivity contribution in [1.29, 1.82) is 0 Å². The highest BCUT2D eigenvalue weighted by Gasteiger charge is 2.13. The Kier molecular flexibility index (Phi) is 6.82. The van der Waals surface area contributed by atoms with Crippen LogP contribution in [-0.2, 0) is 6.42 Å². The molecule has 2 heterocycles. The first-order chi connectivity index (χ1) is 12.0. The van der Waals surface area contributed by atoms with Gasteiger partial charge in [-0.3, -0.25) is 9.78 Å². The van der Waals surface area contributed by atoms with Gasteiger partial charge in [0.25, 0.3) is 5.91 Å². The molecular weight excluding hydrogens is 316 g/mol. The molecule has 2 rings (SSSR count). The molecule has 0 saturated heterocycles. The highest BCUT2D eigenvalue weighted by atomic mass is 16.1. The highest BCUT2D eigenvalue weighted by molar-refractivity contribution is 5.92. The van der Waals surface area contributed by atoms with E-state index in [4.69, 9.17) is 0 Å². The first-order valence-electron chi connectivity index (χ1n) is 8.34. The molecule has 0 spiro atoms. The SMILES string of the molecule is Cc1cc(C(=O)NCCN(C)C)nc(N(C)CCc2ccncc2)n1. The summed E-state index contributed by atoms with van der Waals surface area (Å²) >= 11 is 0. The summed E-state index contributed by atoms with van der Waals surface area (Å²) in [6.07, 6.45) is 4.43. The minimum atomic E-state index is -0.170. The predicted molar refractivity (Wildman–Crippen MR) is 98.9 cm³/mol. The number of nitrogens with zero attached hydrogens (tertiary/aromatic N) is 5. The molecule has 0 aliphatic carbocycles. The number of likely N-dealkylation sites (N-methyl/N-ethyl adjacent to an activating group) is 2. The van der Waals surface area contributed by atoms with Crippen LogP contribution >= 0.6 is 0 Å². The molecule has 0 bridgehead atoms. The van der Waals surface area contributed by atoms with Crippen LogP contribution in [0.4, 0.5) is 5.95 Å². The van der Waals surface area contributed by atoms with Crippen molar-refractivity contribution >= 4 is 11.9 Å². The number of rotatable bonds is 8. The molecule has 1 N–H and O–H groups in total. The van der Waals surface area contributed by atoms with Gasteiger partial charge in [0.05, 0.1) is 0 Å². The van der Waals surface area contributed by atoms with Crippen LogP contribution in [0.3, 0.4) is 0 Å². The first kappa shape index (κ1) is 18.8. The van der Waals surface area contributed by atoms with Gasteiger partial charge in [0.1, 0.15) is 5.69 Å². The summed E-state index contributed by atoms with van der Waals surface area (Å²) in [5.74, 6) is 0.392. The van der Waals surface area contributed by atoms with Gasteiger partial charge in [-0.05, 0) is 51.2 Å². The maximum Gasteiger partial charge on any atom is 0.270 e. The summed E-state index contributed by atoms with van der Waals surface area (Å²) < 4.78 is 0. The molecule has 0 unspecified atom stereocenters. The Morgan fingerprint density at radius 2 is 1.84 bits per heavy atom. The minimum absolute atomic E-state index is 0.170. The normalized spacial score (nSPS) is 10.8. The Balaban J connectivity index is 2.00. The molecule has 1 amide bonds. The van der Waals surface area contributed by atoms with Crippen molar-refractivity contribution in [1.82, 2.24) is 25.2 Å². The molecule has 2 aromatic heterocycles. The van der Waals surface area contributed by atoms with Crippen LogP contribution in [0.2, 0.25) is 0 Å². The summed E-state index contributed by atoms with van der Waals surface area (Å²) in [6, 6.07) is 5.70. The second kappa shape index (κ2) is 9.08. The number of hydrogen-bond acceptors (Lipinski definition) is 6. The largest absolute Gasteiger partial charge is 0.349 e. The van der Waals surface area contributed by atoms with Gasteiger partial charge in [0.15, 0.2) is 0 Å². The average molecular weight is 342 g/mol. The molecule has 25 heavy (non-hydrogen) atoms. The van der Waals surface area contributed by atoms with E-state index in [1.165, 1.54) is 5.56 Å². The summed E-state index contributed by atoms with van der Waals surface area (Å²) in [4.78, 5) is 29.2. The molecule has 0 aliphatic heterocycles.